The van der Waals surface area contributed by atoms with E-state index in [2.05, 4.69) is 12.2 Å². The summed E-state index contributed by atoms with van der Waals surface area (Å²) in [7, 11) is 0. The fourth-order valence-corrected chi connectivity index (χ4v) is 1.73. The summed E-state index contributed by atoms with van der Waals surface area (Å²) in [5.41, 5.74) is 0. The van der Waals surface area contributed by atoms with Gasteiger partial charge in [-0.05, 0) is 37.2 Å². The van der Waals surface area contributed by atoms with Crippen molar-refractivity contribution in [1.82, 2.24) is 5.32 Å². The molecule has 0 amide bonds. The summed E-state index contributed by atoms with van der Waals surface area (Å²) in [5.74, 6) is -0.666. The average molecular weight is 281 g/mol. The maximum absolute atomic E-state index is 13.4. The molecule has 0 bridgehead atoms. The average Bonchev–Trinajstić information content (AvgIpc) is 2.89. The van der Waals surface area contributed by atoms with Gasteiger partial charge in [0.2, 0.25) is 5.82 Å². The Labute approximate surface area is 116 Å². The standard InChI is InChI=1S/C15H17F2NO2/c1-2-8-18-9-11-6-7-12(20-11)10-19-14-5-3-4-13(16)15(14)17/h3-7,18H,2,8-10H2,1H3. The third-order valence-corrected chi connectivity index (χ3v) is 2.73. The highest BCUT2D eigenvalue weighted by atomic mass is 19.2. The van der Waals surface area contributed by atoms with Crippen LogP contribution in [0.3, 0.4) is 0 Å². The Morgan fingerprint density at radius 2 is 1.95 bits per heavy atom. The quantitative estimate of drug-likeness (QED) is 0.787. The molecule has 0 saturated heterocycles. The highest BCUT2D eigenvalue weighted by Gasteiger charge is 2.10. The van der Waals surface area contributed by atoms with Gasteiger partial charge in [0.05, 0.1) is 6.54 Å². The molecule has 0 aliphatic heterocycles. The smallest absolute Gasteiger partial charge is 0.200 e. The number of rotatable bonds is 7. The summed E-state index contributed by atoms with van der Waals surface area (Å²) in [6, 6.07) is 7.43. The molecule has 1 aromatic heterocycles. The van der Waals surface area contributed by atoms with Gasteiger partial charge >= 0.3 is 0 Å². The Morgan fingerprint density at radius 3 is 2.75 bits per heavy atom. The third-order valence-electron chi connectivity index (χ3n) is 2.73. The van der Waals surface area contributed by atoms with Crippen molar-refractivity contribution >= 4 is 0 Å². The van der Waals surface area contributed by atoms with Gasteiger partial charge < -0.3 is 14.5 Å². The third kappa shape index (κ3) is 3.81. The second-order valence-corrected chi connectivity index (χ2v) is 4.39. The molecule has 1 heterocycles. The summed E-state index contributed by atoms with van der Waals surface area (Å²) in [6.07, 6.45) is 1.05. The van der Waals surface area contributed by atoms with Gasteiger partial charge in [0.25, 0.3) is 0 Å². The number of benzene rings is 1. The number of hydrogen-bond acceptors (Lipinski definition) is 3. The molecule has 0 unspecified atom stereocenters. The van der Waals surface area contributed by atoms with Crippen LogP contribution in [-0.4, -0.2) is 6.54 Å². The summed E-state index contributed by atoms with van der Waals surface area (Å²) in [5, 5.41) is 3.21. The van der Waals surface area contributed by atoms with E-state index in [1.54, 1.807) is 6.07 Å². The Hall–Kier alpha value is -1.88. The summed E-state index contributed by atoms with van der Waals surface area (Å²) < 4.78 is 37.1. The van der Waals surface area contributed by atoms with E-state index in [4.69, 9.17) is 9.15 Å². The van der Waals surface area contributed by atoms with Crippen LogP contribution in [0.2, 0.25) is 0 Å². The van der Waals surface area contributed by atoms with Crippen molar-refractivity contribution < 1.29 is 17.9 Å². The molecule has 0 aliphatic rings. The SMILES string of the molecule is CCCNCc1ccc(COc2cccc(F)c2F)o1. The van der Waals surface area contributed by atoms with Gasteiger partial charge in [-0.1, -0.05) is 13.0 Å². The van der Waals surface area contributed by atoms with Gasteiger partial charge in [-0.3, -0.25) is 0 Å². The van der Waals surface area contributed by atoms with Crippen LogP contribution in [0, 0.1) is 11.6 Å². The molecule has 5 heteroatoms. The van der Waals surface area contributed by atoms with Gasteiger partial charge in [-0.15, -0.1) is 0 Å². The molecule has 0 fully saturated rings. The molecular weight excluding hydrogens is 264 g/mol. The number of hydrogen-bond donors (Lipinski definition) is 1. The van der Waals surface area contributed by atoms with Crippen molar-refractivity contribution in [1.29, 1.82) is 0 Å². The van der Waals surface area contributed by atoms with E-state index in [0.717, 1.165) is 24.8 Å². The van der Waals surface area contributed by atoms with E-state index >= 15 is 0 Å². The predicted octanol–water partition coefficient (Wildman–Crippen LogP) is 3.64. The van der Waals surface area contributed by atoms with Crippen LogP contribution < -0.4 is 10.1 Å². The largest absolute Gasteiger partial charge is 0.482 e. The highest BCUT2D eigenvalue weighted by Crippen LogP contribution is 2.20. The van der Waals surface area contributed by atoms with E-state index < -0.39 is 11.6 Å². The van der Waals surface area contributed by atoms with Crippen LogP contribution in [0.25, 0.3) is 0 Å². The molecular formula is C15H17F2NO2. The van der Waals surface area contributed by atoms with Crippen LogP contribution in [0.5, 0.6) is 5.75 Å². The molecule has 1 aromatic carbocycles. The maximum Gasteiger partial charge on any atom is 0.200 e. The lowest BCUT2D eigenvalue weighted by Gasteiger charge is -2.05. The first-order chi connectivity index (χ1) is 9.70. The summed E-state index contributed by atoms with van der Waals surface area (Å²) in [6.45, 7) is 3.71. The van der Waals surface area contributed by atoms with E-state index in [0.29, 0.717) is 12.3 Å². The van der Waals surface area contributed by atoms with E-state index in [-0.39, 0.29) is 12.4 Å². The fraction of sp³-hybridized carbons (Fsp3) is 0.333. The summed E-state index contributed by atoms with van der Waals surface area (Å²) >= 11 is 0. The van der Waals surface area contributed by atoms with Crippen LogP contribution >= 0.6 is 0 Å². The molecule has 2 aromatic rings. The maximum atomic E-state index is 13.4. The highest BCUT2D eigenvalue weighted by molar-refractivity contribution is 5.25. The molecule has 3 nitrogen and oxygen atoms in total. The first-order valence-electron chi connectivity index (χ1n) is 6.56. The van der Waals surface area contributed by atoms with Crippen molar-refractivity contribution in [3.8, 4) is 5.75 Å². The Bertz CT molecular complexity index is 555. The molecule has 1 N–H and O–H groups in total. The minimum absolute atomic E-state index is 0.0636. The zero-order chi connectivity index (χ0) is 14.4. The van der Waals surface area contributed by atoms with Crippen LogP contribution in [0.4, 0.5) is 8.78 Å². The van der Waals surface area contributed by atoms with Crippen LogP contribution in [0.1, 0.15) is 24.9 Å². The van der Waals surface area contributed by atoms with Crippen LogP contribution in [-0.2, 0) is 13.2 Å². The van der Waals surface area contributed by atoms with Gasteiger partial charge in [0.1, 0.15) is 18.1 Å². The fourth-order valence-electron chi connectivity index (χ4n) is 1.73. The number of halogens is 2. The molecule has 0 radical (unpaired) electrons. The second kappa shape index (κ2) is 7.05. The monoisotopic (exact) mass is 281 g/mol. The van der Waals surface area contributed by atoms with E-state index in [9.17, 15) is 8.78 Å². The van der Waals surface area contributed by atoms with Gasteiger partial charge in [0, 0.05) is 0 Å². The van der Waals surface area contributed by atoms with E-state index in [1.807, 2.05) is 6.07 Å². The van der Waals surface area contributed by atoms with Crippen molar-refractivity contribution in [3.05, 3.63) is 53.5 Å². The zero-order valence-electron chi connectivity index (χ0n) is 11.3. The zero-order valence-corrected chi connectivity index (χ0v) is 11.3. The van der Waals surface area contributed by atoms with Gasteiger partial charge in [-0.2, -0.15) is 4.39 Å². The lowest BCUT2D eigenvalue weighted by Crippen LogP contribution is -2.13. The number of furan rings is 1. The minimum Gasteiger partial charge on any atom is -0.482 e. The van der Waals surface area contributed by atoms with Gasteiger partial charge in [-0.25, -0.2) is 4.39 Å². The molecule has 0 aliphatic carbocycles. The molecule has 0 spiro atoms. The first-order valence-corrected chi connectivity index (χ1v) is 6.56. The van der Waals surface area contributed by atoms with E-state index in [1.165, 1.54) is 12.1 Å². The molecule has 108 valence electrons. The van der Waals surface area contributed by atoms with Gasteiger partial charge in [0.15, 0.2) is 11.6 Å². The second-order valence-electron chi connectivity index (χ2n) is 4.39. The van der Waals surface area contributed by atoms with Crippen molar-refractivity contribution in [2.75, 3.05) is 6.54 Å². The molecule has 2 rings (SSSR count). The number of nitrogens with one attached hydrogen (secondary N) is 1. The number of ether oxygens (including phenoxy) is 1. The lowest BCUT2D eigenvalue weighted by atomic mass is 10.3. The Morgan fingerprint density at radius 1 is 1.15 bits per heavy atom. The Kier molecular flexibility index (Phi) is 5.12. The first kappa shape index (κ1) is 14.5. The van der Waals surface area contributed by atoms with Crippen molar-refractivity contribution in [2.45, 2.75) is 26.5 Å². The molecule has 0 saturated carbocycles. The molecule has 20 heavy (non-hydrogen) atoms. The minimum atomic E-state index is -0.983. The van der Waals surface area contributed by atoms with Crippen molar-refractivity contribution in [3.63, 3.8) is 0 Å². The topological polar surface area (TPSA) is 34.4 Å². The molecule has 0 atom stereocenters. The Balaban J connectivity index is 1.89. The normalized spacial score (nSPS) is 10.8. The summed E-state index contributed by atoms with van der Waals surface area (Å²) in [4.78, 5) is 0. The predicted molar refractivity (Wildman–Crippen MR) is 71.4 cm³/mol. The van der Waals surface area contributed by atoms with Crippen LogP contribution in [0.15, 0.2) is 34.7 Å². The lowest BCUT2D eigenvalue weighted by molar-refractivity contribution is 0.250. The van der Waals surface area contributed by atoms with Crippen molar-refractivity contribution in [2.24, 2.45) is 0 Å².